The summed E-state index contributed by atoms with van der Waals surface area (Å²) < 4.78 is 58.9. The summed E-state index contributed by atoms with van der Waals surface area (Å²) in [6.07, 6.45) is 2.34. The zero-order valence-corrected chi connectivity index (χ0v) is 18.1. The van der Waals surface area contributed by atoms with E-state index in [1.54, 1.807) is 12.1 Å². The third kappa shape index (κ3) is 5.31. The van der Waals surface area contributed by atoms with Gasteiger partial charge in [0, 0.05) is 17.6 Å². The smallest absolute Gasteiger partial charge is 0.184 e. The van der Waals surface area contributed by atoms with Gasteiger partial charge in [-0.2, -0.15) is 0 Å². The van der Waals surface area contributed by atoms with Crippen LogP contribution in [0.5, 0.6) is 0 Å². The highest BCUT2D eigenvalue weighted by Gasteiger charge is 2.24. The first-order chi connectivity index (χ1) is 15.5. The van der Waals surface area contributed by atoms with Crippen molar-refractivity contribution in [3.05, 3.63) is 82.7 Å². The zero-order chi connectivity index (χ0) is 22.5. The van der Waals surface area contributed by atoms with Gasteiger partial charge in [0.05, 0.1) is 13.2 Å². The molecule has 0 amide bonds. The van der Waals surface area contributed by atoms with Gasteiger partial charge in [-0.15, -0.1) is 0 Å². The minimum Gasteiger partial charge on any atom is -0.373 e. The zero-order valence-electron chi connectivity index (χ0n) is 18.1. The molecule has 1 saturated heterocycles. The summed E-state index contributed by atoms with van der Waals surface area (Å²) in [5.41, 5.74) is 1.99. The predicted molar refractivity (Wildman–Crippen MR) is 117 cm³/mol. The molecular formula is C26H27F3O3. The van der Waals surface area contributed by atoms with Crippen molar-refractivity contribution in [1.29, 1.82) is 0 Å². The van der Waals surface area contributed by atoms with Crippen molar-refractivity contribution in [2.75, 3.05) is 19.8 Å². The first-order valence-electron chi connectivity index (χ1n) is 11.0. The van der Waals surface area contributed by atoms with Crippen LogP contribution in [0.3, 0.4) is 0 Å². The Balaban J connectivity index is 1.41. The Labute approximate surface area is 186 Å². The fourth-order valence-corrected chi connectivity index (χ4v) is 3.84. The average molecular weight is 444 g/mol. The maximum atomic E-state index is 15.1. The van der Waals surface area contributed by atoms with E-state index in [-0.39, 0.29) is 11.9 Å². The van der Waals surface area contributed by atoms with Crippen molar-refractivity contribution in [2.45, 2.75) is 45.0 Å². The van der Waals surface area contributed by atoms with Crippen molar-refractivity contribution in [1.82, 2.24) is 0 Å². The molecule has 170 valence electrons. The number of rotatable bonds is 8. The van der Waals surface area contributed by atoms with Crippen molar-refractivity contribution in [3.8, 4) is 0 Å². The second-order valence-electron chi connectivity index (χ2n) is 8.11. The van der Waals surface area contributed by atoms with E-state index in [4.69, 9.17) is 14.2 Å². The lowest BCUT2D eigenvalue weighted by molar-refractivity contribution is -0.230. The van der Waals surface area contributed by atoms with Crippen LogP contribution in [-0.2, 0) is 27.1 Å². The van der Waals surface area contributed by atoms with E-state index < -0.39 is 17.9 Å². The standard InChI is InChI=1S/C26H27F3O3/c1-2-3-12-30-21-15-31-26(32-16-21)20-9-10-22-19(14-20)8-7-18(25(22)29)6-4-17-5-11-23(27)24(28)13-17/h5,7-11,13-14,21,26H,2-4,6,12,15-16H2,1H3. The van der Waals surface area contributed by atoms with Crippen molar-refractivity contribution in [2.24, 2.45) is 0 Å². The van der Waals surface area contributed by atoms with Crippen LogP contribution in [0.4, 0.5) is 13.2 Å². The minimum absolute atomic E-state index is 0.0622. The van der Waals surface area contributed by atoms with Gasteiger partial charge in [-0.25, -0.2) is 13.2 Å². The van der Waals surface area contributed by atoms with Gasteiger partial charge in [0.1, 0.15) is 11.9 Å². The minimum atomic E-state index is -0.889. The molecule has 0 unspecified atom stereocenters. The summed E-state index contributed by atoms with van der Waals surface area (Å²) in [7, 11) is 0. The van der Waals surface area contributed by atoms with Gasteiger partial charge >= 0.3 is 0 Å². The number of unbranched alkanes of at least 4 members (excludes halogenated alkanes) is 1. The summed E-state index contributed by atoms with van der Waals surface area (Å²) in [6.45, 7) is 3.74. The van der Waals surface area contributed by atoms with Gasteiger partial charge in [0.25, 0.3) is 0 Å². The Bertz CT molecular complexity index is 1060. The molecule has 0 bridgehead atoms. The first kappa shape index (κ1) is 22.8. The van der Waals surface area contributed by atoms with Crippen LogP contribution < -0.4 is 0 Å². The molecule has 3 aromatic rings. The molecule has 1 fully saturated rings. The molecule has 0 radical (unpaired) electrons. The molecule has 32 heavy (non-hydrogen) atoms. The lowest BCUT2D eigenvalue weighted by Gasteiger charge is -2.29. The second-order valence-corrected chi connectivity index (χ2v) is 8.11. The predicted octanol–water partition coefficient (Wildman–Crippen LogP) is 6.27. The molecule has 0 aliphatic carbocycles. The molecule has 0 N–H and O–H groups in total. The quantitative estimate of drug-likeness (QED) is 0.383. The van der Waals surface area contributed by atoms with Gasteiger partial charge in [-0.3, -0.25) is 0 Å². The highest BCUT2D eigenvalue weighted by atomic mass is 19.2. The Hall–Kier alpha value is -2.41. The Morgan fingerprint density at radius 3 is 2.47 bits per heavy atom. The van der Waals surface area contributed by atoms with Gasteiger partial charge in [-0.05, 0) is 54.0 Å². The molecule has 3 aromatic carbocycles. The number of hydrogen-bond acceptors (Lipinski definition) is 3. The number of halogens is 3. The number of hydrogen-bond donors (Lipinski definition) is 0. The fourth-order valence-electron chi connectivity index (χ4n) is 3.84. The maximum Gasteiger partial charge on any atom is 0.184 e. The Kier molecular flexibility index (Phi) is 7.45. The molecule has 0 saturated carbocycles. The lowest BCUT2D eigenvalue weighted by atomic mass is 9.99. The van der Waals surface area contributed by atoms with Crippen LogP contribution in [-0.4, -0.2) is 25.9 Å². The van der Waals surface area contributed by atoms with Crippen molar-refractivity contribution < 1.29 is 27.4 Å². The lowest BCUT2D eigenvalue weighted by Crippen LogP contribution is -2.33. The van der Waals surface area contributed by atoms with Crippen molar-refractivity contribution in [3.63, 3.8) is 0 Å². The largest absolute Gasteiger partial charge is 0.373 e. The van der Waals surface area contributed by atoms with Crippen LogP contribution >= 0.6 is 0 Å². The van der Waals surface area contributed by atoms with Gasteiger partial charge in [0.15, 0.2) is 17.9 Å². The number of fused-ring (bicyclic) bond motifs is 1. The van der Waals surface area contributed by atoms with Crippen LogP contribution in [0, 0.1) is 17.5 Å². The highest BCUT2D eigenvalue weighted by molar-refractivity contribution is 5.84. The van der Waals surface area contributed by atoms with Gasteiger partial charge in [-0.1, -0.05) is 43.7 Å². The van der Waals surface area contributed by atoms with E-state index in [0.29, 0.717) is 49.2 Å². The average Bonchev–Trinajstić information content (AvgIpc) is 2.81. The summed E-state index contributed by atoms with van der Waals surface area (Å²) >= 11 is 0. The monoisotopic (exact) mass is 444 g/mol. The van der Waals surface area contributed by atoms with E-state index in [2.05, 4.69) is 6.92 Å². The maximum absolute atomic E-state index is 15.1. The molecular weight excluding hydrogens is 417 g/mol. The normalized spacial score (nSPS) is 18.9. The van der Waals surface area contributed by atoms with Crippen molar-refractivity contribution >= 4 is 10.8 Å². The Morgan fingerprint density at radius 1 is 0.906 bits per heavy atom. The van der Waals surface area contributed by atoms with Gasteiger partial charge in [0.2, 0.25) is 0 Å². The topological polar surface area (TPSA) is 27.7 Å². The number of benzene rings is 3. The third-order valence-electron chi connectivity index (χ3n) is 5.72. The van der Waals surface area contributed by atoms with E-state index in [0.717, 1.165) is 35.9 Å². The number of aryl methyl sites for hydroxylation is 2. The molecule has 4 rings (SSSR count). The molecule has 1 aliphatic rings. The SMILES string of the molecule is CCCCOC1COC(c2ccc3c(F)c(CCc4ccc(F)c(F)c4)ccc3c2)OC1. The molecule has 0 atom stereocenters. The highest BCUT2D eigenvalue weighted by Crippen LogP contribution is 2.29. The molecule has 0 spiro atoms. The van der Waals surface area contributed by atoms with Crippen LogP contribution in [0.15, 0.2) is 48.5 Å². The molecule has 6 heteroatoms. The fraction of sp³-hybridized carbons (Fsp3) is 0.385. The summed E-state index contributed by atoms with van der Waals surface area (Å²) in [5, 5.41) is 1.26. The molecule has 1 aliphatic heterocycles. The van der Waals surface area contributed by atoms with E-state index in [1.165, 1.54) is 6.07 Å². The van der Waals surface area contributed by atoms with E-state index in [1.807, 2.05) is 18.2 Å². The Morgan fingerprint density at radius 2 is 1.72 bits per heavy atom. The van der Waals surface area contributed by atoms with Crippen LogP contribution in [0.25, 0.3) is 10.8 Å². The molecule has 0 aromatic heterocycles. The van der Waals surface area contributed by atoms with E-state index in [9.17, 15) is 8.78 Å². The number of ether oxygens (including phenoxy) is 3. The summed E-state index contributed by atoms with van der Waals surface area (Å²) in [5.74, 6) is -2.07. The van der Waals surface area contributed by atoms with Gasteiger partial charge < -0.3 is 14.2 Å². The molecule has 3 nitrogen and oxygen atoms in total. The van der Waals surface area contributed by atoms with E-state index >= 15 is 4.39 Å². The first-order valence-corrected chi connectivity index (χ1v) is 11.0. The summed E-state index contributed by atoms with van der Waals surface area (Å²) in [6, 6.07) is 12.8. The summed E-state index contributed by atoms with van der Waals surface area (Å²) in [4.78, 5) is 0. The third-order valence-corrected chi connectivity index (χ3v) is 5.72. The van der Waals surface area contributed by atoms with Crippen LogP contribution in [0.2, 0.25) is 0 Å². The molecule has 1 heterocycles. The van der Waals surface area contributed by atoms with Crippen LogP contribution in [0.1, 0.15) is 42.7 Å². The second kappa shape index (κ2) is 10.5.